The molecule has 0 saturated heterocycles. The van der Waals surface area contributed by atoms with Crippen molar-refractivity contribution in [2.24, 2.45) is 4.99 Å². The van der Waals surface area contributed by atoms with Crippen LogP contribution >= 0.6 is 73.1 Å². The van der Waals surface area contributed by atoms with Gasteiger partial charge in [0.25, 0.3) is 5.56 Å². The molecule has 8 nitrogen and oxygen atoms in total. The van der Waals surface area contributed by atoms with E-state index in [0.717, 1.165) is 14.7 Å². The lowest BCUT2D eigenvalue weighted by Gasteiger charge is -2.25. The van der Waals surface area contributed by atoms with Gasteiger partial charge < -0.3 is 18.9 Å². The maximum Gasteiger partial charge on any atom is 0.338 e. The third kappa shape index (κ3) is 7.75. The van der Waals surface area contributed by atoms with Gasteiger partial charge in [-0.15, -0.1) is 0 Å². The van der Waals surface area contributed by atoms with Gasteiger partial charge in [-0.2, -0.15) is 0 Å². The molecule has 0 saturated carbocycles. The Balaban J connectivity index is 1.57. The Hall–Kier alpha value is -2.84. The van der Waals surface area contributed by atoms with Gasteiger partial charge in [-0.05, 0) is 120 Å². The van der Waals surface area contributed by atoms with Gasteiger partial charge in [0.05, 0.1) is 49.7 Å². The number of aromatic nitrogens is 1. The Kier molecular flexibility index (Phi) is 11.4. The molecule has 0 radical (unpaired) electrons. The molecule has 0 N–H and O–H groups in total. The highest BCUT2D eigenvalue weighted by Gasteiger charge is 2.34. The van der Waals surface area contributed by atoms with E-state index in [1.54, 1.807) is 55.9 Å². The molecule has 47 heavy (non-hydrogen) atoms. The average Bonchev–Trinajstić information content (AvgIpc) is 3.30. The van der Waals surface area contributed by atoms with E-state index in [0.29, 0.717) is 52.4 Å². The first-order chi connectivity index (χ1) is 22.4. The van der Waals surface area contributed by atoms with Crippen LogP contribution in [-0.2, 0) is 16.1 Å². The Morgan fingerprint density at radius 3 is 2.57 bits per heavy atom. The number of ether oxygens (including phenoxy) is 4. The molecule has 0 fully saturated rings. The van der Waals surface area contributed by atoms with Crippen LogP contribution in [0.15, 0.2) is 74.1 Å². The molecule has 3 aromatic carbocycles. The van der Waals surface area contributed by atoms with E-state index in [1.807, 2.05) is 38.1 Å². The van der Waals surface area contributed by atoms with E-state index >= 15 is 0 Å². The molecule has 13 heteroatoms. The molecule has 1 aromatic heterocycles. The number of thiazole rings is 1. The first kappa shape index (κ1) is 35.5. The standard InChI is InChI=1S/C34H30BrCl2IN2O6S/c1-6-44-33(42)29-18(4)39-34-40(30(29)20-8-10-26(46-17(2)3)27(14-20)43-5)32(41)28(47-34)13-19-11-23(35)31(25(38)12-19)45-16-21-7-9-22(36)15-24(21)37/h7-15,17,30H,6,16H2,1-5H3/b28-13-/t30-/m0/s1. The topological polar surface area (TPSA) is 88.4 Å². The summed E-state index contributed by atoms with van der Waals surface area (Å²) in [6.07, 6.45) is 1.73. The minimum atomic E-state index is -0.795. The van der Waals surface area contributed by atoms with Crippen molar-refractivity contribution < 1.29 is 23.7 Å². The number of hydrogen-bond donors (Lipinski definition) is 0. The number of hydrogen-bond acceptors (Lipinski definition) is 8. The van der Waals surface area contributed by atoms with Gasteiger partial charge in [-0.25, -0.2) is 9.79 Å². The Bertz CT molecular complexity index is 2050. The summed E-state index contributed by atoms with van der Waals surface area (Å²) >= 11 is 19.4. The first-order valence-electron chi connectivity index (χ1n) is 14.5. The van der Waals surface area contributed by atoms with E-state index in [9.17, 15) is 9.59 Å². The van der Waals surface area contributed by atoms with Crippen molar-refractivity contribution in [3.05, 3.63) is 114 Å². The fourth-order valence-corrected chi connectivity index (χ4v) is 8.33. The second-order valence-electron chi connectivity index (χ2n) is 10.7. The third-order valence-electron chi connectivity index (χ3n) is 7.09. The van der Waals surface area contributed by atoms with Gasteiger partial charge in [0.1, 0.15) is 12.4 Å². The average molecular weight is 872 g/mol. The number of rotatable bonds is 10. The Morgan fingerprint density at radius 1 is 1.15 bits per heavy atom. The van der Waals surface area contributed by atoms with E-state index < -0.39 is 12.0 Å². The SMILES string of the molecule is CCOC(=O)C1=C(C)N=c2s/c(=C\c3cc(Br)c(OCc4ccc(Cl)cc4Cl)c(I)c3)c(=O)n2[C@H]1c1ccc(OC(C)C)c(OC)c1. The lowest BCUT2D eigenvalue weighted by molar-refractivity contribution is -0.139. The zero-order valence-corrected chi connectivity index (χ0v) is 32.1. The maximum absolute atomic E-state index is 14.1. The summed E-state index contributed by atoms with van der Waals surface area (Å²) in [5.41, 5.74) is 2.70. The zero-order valence-electron chi connectivity index (χ0n) is 26.0. The van der Waals surface area contributed by atoms with Gasteiger partial charge in [0.2, 0.25) is 0 Å². The van der Waals surface area contributed by atoms with E-state index in [2.05, 4.69) is 43.5 Å². The number of allylic oxidation sites excluding steroid dienone is 1. The molecule has 4 aromatic rings. The van der Waals surface area contributed by atoms with Gasteiger partial charge >= 0.3 is 5.97 Å². The molecule has 1 aliphatic rings. The molecular weight excluding hydrogens is 842 g/mol. The number of methoxy groups -OCH3 is 1. The molecule has 0 aliphatic carbocycles. The highest BCUT2D eigenvalue weighted by Crippen LogP contribution is 2.37. The van der Waals surface area contributed by atoms with Gasteiger partial charge in [-0.3, -0.25) is 9.36 Å². The fraction of sp³-hybridized carbons (Fsp3) is 0.265. The van der Waals surface area contributed by atoms with Gasteiger partial charge in [0.15, 0.2) is 16.3 Å². The predicted molar refractivity (Wildman–Crippen MR) is 197 cm³/mol. The minimum Gasteiger partial charge on any atom is -0.493 e. The molecule has 5 rings (SSSR count). The van der Waals surface area contributed by atoms with Crippen molar-refractivity contribution in [1.82, 2.24) is 4.57 Å². The van der Waals surface area contributed by atoms with Crippen molar-refractivity contribution in [1.29, 1.82) is 0 Å². The number of benzene rings is 3. The van der Waals surface area contributed by atoms with E-state index in [4.69, 9.17) is 42.1 Å². The van der Waals surface area contributed by atoms with Crippen LogP contribution in [0.1, 0.15) is 50.4 Å². The van der Waals surface area contributed by atoms with E-state index in [1.165, 1.54) is 11.3 Å². The molecule has 0 amide bonds. The van der Waals surface area contributed by atoms with Crippen molar-refractivity contribution >= 4 is 85.1 Å². The Labute approximate surface area is 307 Å². The zero-order chi connectivity index (χ0) is 34.0. The fourth-order valence-electron chi connectivity index (χ4n) is 5.05. The van der Waals surface area contributed by atoms with Gasteiger partial charge in [-0.1, -0.05) is 46.7 Å². The van der Waals surface area contributed by atoms with Crippen LogP contribution in [0.25, 0.3) is 6.08 Å². The lowest BCUT2D eigenvalue weighted by Crippen LogP contribution is -2.40. The number of carbonyl (C=O) groups is 1. The highest BCUT2D eigenvalue weighted by atomic mass is 127. The summed E-state index contributed by atoms with van der Waals surface area (Å²) in [6.45, 7) is 7.76. The third-order valence-corrected chi connectivity index (χ3v) is 10.0. The molecule has 2 heterocycles. The monoisotopic (exact) mass is 870 g/mol. The molecule has 0 unspecified atom stereocenters. The van der Waals surface area contributed by atoms with Crippen molar-refractivity contribution in [3.63, 3.8) is 0 Å². The summed E-state index contributed by atoms with van der Waals surface area (Å²) in [4.78, 5) is 32.6. The summed E-state index contributed by atoms with van der Waals surface area (Å²) in [5.74, 6) is 1.14. The largest absolute Gasteiger partial charge is 0.493 e. The van der Waals surface area contributed by atoms with Crippen LogP contribution in [-0.4, -0.2) is 30.4 Å². The van der Waals surface area contributed by atoms with Crippen LogP contribution in [0.3, 0.4) is 0 Å². The maximum atomic E-state index is 14.1. The molecular formula is C34H30BrCl2IN2O6S. The molecule has 0 bridgehead atoms. The first-order valence-corrected chi connectivity index (χ1v) is 18.0. The van der Waals surface area contributed by atoms with Crippen LogP contribution in [0.4, 0.5) is 0 Å². The minimum absolute atomic E-state index is 0.0737. The van der Waals surface area contributed by atoms with Crippen LogP contribution in [0.2, 0.25) is 10.0 Å². The van der Waals surface area contributed by atoms with Crippen LogP contribution in [0, 0.1) is 3.57 Å². The number of nitrogens with zero attached hydrogens (tertiary/aromatic N) is 2. The van der Waals surface area contributed by atoms with Crippen LogP contribution in [0.5, 0.6) is 17.2 Å². The summed E-state index contributed by atoms with van der Waals surface area (Å²) < 4.78 is 26.6. The quantitative estimate of drug-likeness (QED) is 0.119. The summed E-state index contributed by atoms with van der Waals surface area (Å²) in [7, 11) is 1.55. The van der Waals surface area contributed by atoms with E-state index in [-0.39, 0.29) is 30.5 Å². The molecule has 1 aliphatic heterocycles. The summed E-state index contributed by atoms with van der Waals surface area (Å²) in [5, 5.41) is 1.07. The Morgan fingerprint density at radius 2 is 1.91 bits per heavy atom. The summed E-state index contributed by atoms with van der Waals surface area (Å²) in [6, 6.07) is 13.7. The van der Waals surface area contributed by atoms with Crippen molar-refractivity contribution in [2.45, 2.75) is 46.4 Å². The van der Waals surface area contributed by atoms with Crippen molar-refractivity contribution in [2.75, 3.05) is 13.7 Å². The molecule has 0 spiro atoms. The molecule has 246 valence electrons. The smallest absolute Gasteiger partial charge is 0.338 e. The van der Waals surface area contributed by atoms with Gasteiger partial charge in [0, 0.05) is 15.6 Å². The lowest BCUT2D eigenvalue weighted by atomic mass is 9.95. The normalized spacial score (nSPS) is 14.6. The predicted octanol–water partition coefficient (Wildman–Crippen LogP) is 7.85. The number of esters is 1. The number of carbonyl (C=O) groups excluding carboxylic acids is 1. The van der Waals surface area contributed by atoms with Crippen molar-refractivity contribution in [3.8, 4) is 17.2 Å². The second-order valence-corrected chi connectivity index (χ2v) is 14.6. The molecule has 1 atom stereocenters. The number of halogens is 4. The van der Waals surface area contributed by atoms with Crippen LogP contribution < -0.4 is 29.1 Å². The second kappa shape index (κ2) is 15.1. The number of fused-ring (bicyclic) bond motifs is 1. The highest BCUT2D eigenvalue weighted by molar-refractivity contribution is 14.1.